The molecule has 3 rings (SSSR count). The number of carbonyl (C=O) groups excluding carboxylic acids is 1. The van der Waals surface area contributed by atoms with Crippen molar-refractivity contribution in [2.24, 2.45) is 22.1 Å². The summed E-state index contributed by atoms with van der Waals surface area (Å²) >= 11 is 0. The average Bonchev–Trinajstić information content (AvgIpc) is 3.36. The van der Waals surface area contributed by atoms with Crippen LogP contribution in [0, 0.1) is 11.3 Å². The van der Waals surface area contributed by atoms with Crippen molar-refractivity contribution in [1.29, 1.82) is 0 Å². The first-order valence-electron chi connectivity index (χ1n) is 9.38. The molecular formula is C20H30N4O. The van der Waals surface area contributed by atoms with Crippen molar-refractivity contribution < 1.29 is 4.79 Å². The Morgan fingerprint density at radius 1 is 1.36 bits per heavy atom. The highest BCUT2D eigenvalue weighted by molar-refractivity contribution is 5.80. The highest BCUT2D eigenvalue weighted by atomic mass is 16.1. The Labute approximate surface area is 150 Å². The largest absolute Gasteiger partial charge is 0.370 e. The second-order valence-electron chi connectivity index (χ2n) is 7.69. The van der Waals surface area contributed by atoms with Gasteiger partial charge >= 0.3 is 0 Å². The number of hydrogen-bond acceptors (Lipinski definition) is 2. The highest BCUT2D eigenvalue weighted by Crippen LogP contribution is 2.47. The molecule has 2 fully saturated rings. The average molecular weight is 342 g/mol. The van der Waals surface area contributed by atoms with Gasteiger partial charge in [-0.1, -0.05) is 30.3 Å². The minimum atomic E-state index is -0.199. The predicted octanol–water partition coefficient (Wildman–Crippen LogP) is 2.17. The van der Waals surface area contributed by atoms with Crippen molar-refractivity contribution in [1.82, 2.24) is 10.2 Å². The van der Waals surface area contributed by atoms with E-state index in [0.717, 1.165) is 44.9 Å². The summed E-state index contributed by atoms with van der Waals surface area (Å²) in [5.74, 6) is 1.12. The van der Waals surface area contributed by atoms with E-state index in [1.54, 1.807) is 0 Å². The summed E-state index contributed by atoms with van der Waals surface area (Å²) < 4.78 is 0. The highest BCUT2D eigenvalue weighted by Gasteiger charge is 2.42. The summed E-state index contributed by atoms with van der Waals surface area (Å²) in [6.07, 6.45) is 6.32. The lowest BCUT2D eigenvalue weighted by Crippen LogP contribution is -2.48. The van der Waals surface area contributed by atoms with E-state index < -0.39 is 0 Å². The van der Waals surface area contributed by atoms with Crippen LogP contribution in [0.1, 0.15) is 37.7 Å². The first-order valence-corrected chi connectivity index (χ1v) is 9.38. The van der Waals surface area contributed by atoms with E-state index in [4.69, 9.17) is 5.73 Å². The number of carbonyl (C=O) groups is 1. The number of nitrogens with one attached hydrogen (secondary N) is 1. The first-order chi connectivity index (χ1) is 12.1. The topological polar surface area (TPSA) is 70.7 Å². The zero-order valence-electron chi connectivity index (χ0n) is 15.2. The van der Waals surface area contributed by atoms with Crippen LogP contribution in [0.4, 0.5) is 0 Å². The molecule has 0 radical (unpaired) electrons. The van der Waals surface area contributed by atoms with Crippen LogP contribution in [0.3, 0.4) is 0 Å². The van der Waals surface area contributed by atoms with Gasteiger partial charge in [-0.05, 0) is 49.0 Å². The lowest BCUT2D eigenvalue weighted by molar-refractivity contribution is -0.119. The number of aliphatic imine (C=N–C) groups is 1. The molecule has 0 spiro atoms. The summed E-state index contributed by atoms with van der Waals surface area (Å²) in [7, 11) is 1.84. The molecule has 1 aliphatic carbocycles. The van der Waals surface area contributed by atoms with Gasteiger partial charge in [0.1, 0.15) is 0 Å². The van der Waals surface area contributed by atoms with Gasteiger partial charge in [-0.3, -0.25) is 9.79 Å². The Balaban J connectivity index is 1.53. The minimum Gasteiger partial charge on any atom is -0.370 e. The van der Waals surface area contributed by atoms with Crippen LogP contribution in [-0.2, 0) is 11.2 Å². The van der Waals surface area contributed by atoms with E-state index in [1.807, 2.05) is 7.05 Å². The van der Waals surface area contributed by atoms with Crippen LogP contribution in [0.5, 0.6) is 0 Å². The molecule has 3 N–H and O–H groups in total. The number of primary amides is 1. The third kappa shape index (κ3) is 4.97. The lowest BCUT2D eigenvalue weighted by atomic mass is 9.94. The number of benzene rings is 1. The molecule has 1 unspecified atom stereocenters. The molecule has 1 heterocycles. The molecule has 1 saturated carbocycles. The summed E-state index contributed by atoms with van der Waals surface area (Å²) in [5, 5.41) is 3.60. The van der Waals surface area contributed by atoms with Crippen molar-refractivity contribution >= 4 is 11.9 Å². The maximum atomic E-state index is 11.2. The Hall–Kier alpha value is -2.04. The number of rotatable bonds is 6. The Morgan fingerprint density at radius 2 is 2.12 bits per heavy atom. The number of amides is 1. The molecule has 5 nitrogen and oxygen atoms in total. The van der Waals surface area contributed by atoms with Crippen molar-refractivity contribution in [3.8, 4) is 0 Å². The number of hydrogen-bond donors (Lipinski definition) is 2. The number of nitrogens with zero attached hydrogens (tertiary/aromatic N) is 2. The van der Waals surface area contributed by atoms with E-state index >= 15 is 0 Å². The Kier molecular flexibility index (Phi) is 5.61. The number of piperidine rings is 1. The number of guanidine groups is 1. The van der Waals surface area contributed by atoms with E-state index in [2.05, 4.69) is 45.5 Å². The fourth-order valence-electron chi connectivity index (χ4n) is 3.93. The molecule has 0 bridgehead atoms. The predicted molar refractivity (Wildman–Crippen MR) is 101 cm³/mol. The maximum absolute atomic E-state index is 11.2. The fraction of sp³-hybridized carbons (Fsp3) is 0.600. The van der Waals surface area contributed by atoms with Gasteiger partial charge in [0.25, 0.3) is 0 Å². The molecule has 25 heavy (non-hydrogen) atoms. The molecule has 1 atom stereocenters. The normalized spacial score (nSPS) is 22.5. The maximum Gasteiger partial charge on any atom is 0.217 e. The van der Waals surface area contributed by atoms with Crippen LogP contribution in [0.2, 0.25) is 0 Å². The Bertz CT molecular complexity index is 609. The first kappa shape index (κ1) is 17.8. The molecule has 1 amide bonds. The number of nitrogens with two attached hydrogens (primary N) is 1. The summed E-state index contributed by atoms with van der Waals surface area (Å²) in [5.41, 5.74) is 7.16. The summed E-state index contributed by atoms with van der Waals surface area (Å²) in [6.45, 7) is 2.83. The van der Waals surface area contributed by atoms with Gasteiger partial charge in [-0.2, -0.15) is 0 Å². The van der Waals surface area contributed by atoms with Gasteiger partial charge < -0.3 is 16.0 Å². The van der Waals surface area contributed by atoms with E-state index in [1.165, 1.54) is 18.4 Å². The van der Waals surface area contributed by atoms with Crippen LogP contribution < -0.4 is 11.1 Å². The molecule has 2 aliphatic rings. The van der Waals surface area contributed by atoms with Crippen LogP contribution in [0.15, 0.2) is 35.3 Å². The third-order valence-corrected chi connectivity index (χ3v) is 5.52. The quantitative estimate of drug-likeness (QED) is 0.615. The monoisotopic (exact) mass is 342 g/mol. The molecule has 136 valence electrons. The fourth-order valence-corrected chi connectivity index (χ4v) is 3.93. The van der Waals surface area contributed by atoms with Crippen molar-refractivity contribution in [3.63, 3.8) is 0 Å². The summed E-state index contributed by atoms with van der Waals surface area (Å²) in [4.78, 5) is 18.0. The number of likely N-dealkylation sites (tertiary alicyclic amines) is 1. The van der Waals surface area contributed by atoms with Gasteiger partial charge in [0.2, 0.25) is 5.91 Å². The SMILES string of the molecule is CN=C(NCC1(Cc2ccccc2)CC1)N1CCCC(CC(N)=O)C1. The van der Waals surface area contributed by atoms with Crippen LogP contribution >= 0.6 is 0 Å². The van der Waals surface area contributed by atoms with E-state index in [9.17, 15) is 4.79 Å². The molecule has 1 aliphatic heterocycles. The van der Waals surface area contributed by atoms with Crippen molar-refractivity contribution in [2.45, 2.75) is 38.5 Å². The minimum absolute atomic E-state index is 0.199. The molecule has 1 saturated heterocycles. The lowest BCUT2D eigenvalue weighted by Gasteiger charge is -2.35. The van der Waals surface area contributed by atoms with Gasteiger partial charge in [0.15, 0.2) is 5.96 Å². The second-order valence-corrected chi connectivity index (χ2v) is 7.69. The Morgan fingerprint density at radius 3 is 2.76 bits per heavy atom. The van der Waals surface area contributed by atoms with Gasteiger partial charge in [0.05, 0.1) is 0 Å². The molecule has 0 aromatic heterocycles. The third-order valence-electron chi connectivity index (χ3n) is 5.52. The van der Waals surface area contributed by atoms with Gasteiger partial charge in [-0.25, -0.2) is 0 Å². The van der Waals surface area contributed by atoms with Gasteiger partial charge in [-0.15, -0.1) is 0 Å². The van der Waals surface area contributed by atoms with Crippen LogP contribution in [-0.4, -0.2) is 43.4 Å². The molecule has 5 heteroatoms. The van der Waals surface area contributed by atoms with E-state index in [-0.39, 0.29) is 5.91 Å². The standard InChI is InChI=1S/C20H30N4O/c1-22-19(24-11-5-8-17(14-24)12-18(21)25)23-15-20(9-10-20)13-16-6-3-2-4-7-16/h2-4,6-7,17H,5,8-15H2,1H3,(H2,21,25)(H,22,23). The van der Waals surface area contributed by atoms with Crippen LogP contribution in [0.25, 0.3) is 0 Å². The van der Waals surface area contributed by atoms with Crippen molar-refractivity contribution in [3.05, 3.63) is 35.9 Å². The molecule has 1 aromatic carbocycles. The molecule has 1 aromatic rings. The van der Waals surface area contributed by atoms with E-state index in [0.29, 0.717) is 17.8 Å². The smallest absolute Gasteiger partial charge is 0.217 e. The zero-order chi connectivity index (χ0) is 17.7. The second kappa shape index (κ2) is 7.89. The van der Waals surface area contributed by atoms with Crippen molar-refractivity contribution in [2.75, 3.05) is 26.7 Å². The van der Waals surface area contributed by atoms with Gasteiger partial charge in [0, 0.05) is 33.1 Å². The molecular weight excluding hydrogens is 312 g/mol. The zero-order valence-corrected chi connectivity index (χ0v) is 15.2. The summed E-state index contributed by atoms with van der Waals surface area (Å²) in [6, 6.07) is 10.7.